The number of amides is 2. The van der Waals surface area contributed by atoms with Crippen LogP contribution < -0.4 is 10.6 Å². The topological polar surface area (TPSA) is 61.4 Å². The van der Waals surface area contributed by atoms with Gasteiger partial charge in [0.05, 0.1) is 12.1 Å². The molecule has 0 saturated carbocycles. The molecule has 5 heteroatoms. The van der Waals surface area contributed by atoms with Crippen molar-refractivity contribution in [1.29, 1.82) is 0 Å². The van der Waals surface area contributed by atoms with Crippen LogP contribution >= 0.6 is 0 Å². The van der Waals surface area contributed by atoms with E-state index in [-0.39, 0.29) is 12.4 Å². The highest BCUT2D eigenvalue weighted by Gasteiger charge is 2.27. The second-order valence-electron chi connectivity index (χ2n) is 7.57. The Balaban J connectivity index is 2.02. The molecule has 0 fully saturated rings. The standard InChI is InChI=1S/C22H27FN2O2/c1-15(2)16-7-6-8-18(13-16)21(3,4)25-20(26)24-14-22(5,27)17-9-11-19(23)12-10-17/h6-13,27H,1,14H2,2-5H3,(H2,24,25,26). The molecule has 0 spiro atoms. The summed E-state index contributed by atoms with van der Waals surface area (Å²) in [6.45, 7) is 11.3. The average molecular weight is 370 g/mol. The third-order valence-corrected chi connectivity index (χ3v) is 4.56. The molecule has 0 aromatic heterocycles. The summed E-state index contributed by atoms with van der Waals surface area (Å²) < 4.78 is 13.0. The molecule has 2 aromatic rings. The van der Waals surface area contributed by atoms with E-state index in [2.05, 4.69) is 17.2 Å². The number of aliphatic hydroxyl groups is 1. The average Bonchev–Trinajstić information content (AvgIpc) is 2.60. The van der Waals surface area contributed by atoms with Crippen LogP contribution in [0.4, 0.5) is 9.18 Å². The zero-order valence-corrected chi connectivity index (χ0v) is 16.3. The summed E-state index contributed by atoms with van der Waals surface area (Å²) in [4.78, 5) is 12.4. The minimum Gasteiger partial charge on any atom is -0.384 e. The summed E-state index contributed by atoms with van der Waals surface area (Å²) >= 11 is 0. The predicted octanol–water partition coefficient (Wildman–Crippen LogP) is 4.30. The van der Waals surface area contributed by atoms with E-state index in [1.54, 1.807) is 6.92 Å². The largest absolute Gasteiger partial charge is 0.384 e. The lowest BCUT2D eigenvalue weighted by atomic mass is 9.92. The summed E-state index contributed by atoms with van der Waals surface area (Å²) in [5.41, 5.74) is 1.52. The smallest absolute Gasteiger partial charge is 0.315 e. The molecule has 0 heterocycles. The van der Waals surface area contributed by atoms with Crippen LogP contribution in [0.5, 0.6) is 0 Å². The Morgan fingerprint density at radius 3 is 2.33 bits per heavy atom. The van der Waals surface area contributed by atoms with Crippen LogP contribution in [0.2, 0.25) is 0 Å². The normalized spacial score (nSPS) is 13.6. The Morgan fingerprint density at radius 1 is 1.11 bits per heavy atom. The molecule has 0 bridgehead atoms. The van der Waals surface area contributed by atoms with Gasteiger partial charge < -0.3 is 15.7 Å². The Hall–Kier alpha value is -2.66. The molecule has 4 nitrogen and oxygen atoms in total. The number of rotatable bonds is 6. The molecule has 0 aliphatic carbocycles. The molecule has 0 aliphatic rings. The van der Waals surface area contributed by atoms with Gasteiger partial charge >= 0.3 is 6.03 Å². The number of halogens is 1. The highest BCUT2D eigenvalue weighted by Crippen LogP contribution is 2.24. The number of carbonyl (C=O) groups is 1. The van der Waals surface area contributed by atoms with Gasteiger partial charge in [-0.05, 0) is 62.6 Å². The molecule has 1 atom stereocenters. The zero-order chi connectivity index (χ0) is 20.2. The van der Waals surface area contributed by atoms with Crippen molar-refractivity contribution in [2.24, 2.45) is 0 Å². The quantitative estimate of drug-likeness (QED) is 0.710. The molecule has 144 valence electrons. The second kappa shape index (κ2) is 7.92. The minimum atomic E-state index is -1.31. The van der Waals surface area contributed by atoms with Crippen molar-refractivity contribution in [3.8, 4) is 0 Å². The van der Waals surface area contributed by atoms with E-state index in [1.807, 2.05) is 45.0 Å². The van der Waals surface area contributed by atoms with E-state index in [0.29, 0.717) is 5.56 Å². The van der Waals surface area contributed by atoms with Crippen molar-refractivity contribution < 1.29 is 14.3 Å². The molecule has 0 radical (unpaired) electrons. The monoisotopic (exact) mass is 370 g/mol. The van der Waals surface area contributed by atoms with Crippen LogP contribution in [0, 0.1) is 5.82 Å². The number of benzene rings is 2. The van der Waals surface area contributed by atoms with Crippen molar-refractivity contribution in [3.05, 3.63) is 77.6 Å². The van der Waals surface area contributed by atoms with Crippen LogP contribution in [0.3, 0.4) is 0 Å². The molecule has 27 heavy (non-hydrogen) atoms. The highest BCUT2D eigenvalue weighted by atomic mass is 19.1. The van der Waals surface area contributed by atoms with E-state index in [1.165, 1.54) is 24.3 Å². The Labute approximate surface area is 160 Å². The molecule has 2 amide bonds. The van der Waals surface area contributed by atoms with Crippen molar-refractivity contribution in [3.63, 3.8) is 0 Å². The fraction of sp³-hybridized carbons (Fsp3) is 0.318. The number of hydrogen-bond donors (Lipinski definition) is 3. The van der Waals surface area contributed by atoms with Crippen molar-refractivity contribution in [2.75, 3.05) is 6.54 Å². The first kappa shape index (κ1) is 20.6. The lowest BCUT2D eigenvalue weighted by Gasteiger charge is -2.29. The molecular formula is C22H27FN2O2. The SMILES string of the molecule is C=C(C)c1cccc(C(C)(C)NC(=O)NCC(C)(O)c2ccc(F)cc2)c1. The maximum Gasteiger partial charge on any atom is 0.315 e. The molecule has 2 aromatic carbocycles. The maximum atomic E-state index is 13.0. The van der Waals surface area contributed by atoms with Crippen LogP contribution in [0.15, 0.2) is 55.1 Å². The third-order valence-electron chi connectivity index (χ3n) is 4.56. The van der Waals surface area contributed by atoms with Gasteiger partial charge in [0.1, 0.15) is 11.4 Å². The van der Waals surface area contributed by atoms with Gasteiger partial charge in [0, 0.05) is 0 Å². The van der Waals surface area contributed by atoms with Gasteiger partial charge in [-0.15, -0.1) is 0 Å². The third kappa shape index (κ3) is 5.41. The maximum absolute atomic E-state index is 13.0. The molecular weight excluding hydrogens is 343 g/mol. The fourth-order valence-electron chi connectivity index (χ4n) is 2.74. The van der Waals surface area contributed by atoms with Gasteiger partial charge in [0.25, 0.3) is 0 Å². The van der Waals surface area contributed by atoms with Crippen LogP contribution in [-0.4, -0.2) is 17.7 Å². The van der Waals surface area contributed by atoms with Crippen molar-refractivity contribution in [1.82, 2.24) is 10.6 Å². The number of carbonyl (C=O) groups excluding carboxylic acids is 1. The summed E-state index contributed by atoms with van der Waals surface area (Å²) in [7, 11) is 0. The zero-order valence-electron chi connectivity index (χ0n) is 16.3. The van der Waals surface area contributed by atoms with Gasteiger partial charge in [0.15, 0.2) is 0 Å². The summed E-state index contributed by atoms with van der Waals surface area (Å²) in [5.74, 6) is -0.376. The summed E-state index contributed by atoms with van der Waals surface area (Å²) in [5, 5.41) is 16.2. The number of urea groups is 1. The molecule has 1 unspecified atom stereocenters. The van der Waals surface area contributed by atoms with Gasteiger partial charge in [-0.3, -0.25) is 0 Å². The lowest BCUT2D eigenvalue weighted by molar-refractivity contribution is 0.0590. The Morgan fingerprint density at radius 2 is 1.74 bits per heavy atom. The number of nitrogens with one attached hydrogen (secondary N) is 2. The van der Waals surface area contributed by atoms with Crippen LogP contribution in [-0.2, 0) is 11.1 Å². The molecule has 0 saturated heterocycles. The second-order valence-corrected chi connectivity index (χ2v) is 7.57. The Bertz CT molecular complexity index is 826. The van der Waals surface area contributed by atoms with E-state index < -0.39 is 17.2 Å². The fourth-order valence-corrected chi connectivity index (χ4v) is 2.74. The van der Waals surface area contributed by atoms with E-state index in [0.717, 1.165) is 16.7 Å². The lowest BCUT2D eigenvalue weighted by Crippen LogP contribution is -2.49. The first-order valence-electron chi connectivity index (χ1n) is 8.82. The summed E-state index contributed by atoms with van der Waals surface area (Å²) in [6.07, 6.45) is 0. The van der Waals surface area contributed by atoms with Crippen LogP contribution in [0.25, 0.3) is 5.57 Å². The number of allylic oxidation sites excluding steroid dienone is 1. The van der Waals surface area contributed by atoms with Gasteiger partial charge in [-0.2, -0.15) is 0 Å². The van der Waals surface area contributed by atoms with E-state index >= 15 is 0 Å². The Kier molecular flexibility index (Phi) is 6.06. The van der Waals surface area contributed by atoms with Crippen molar-refractivity contribution in [2.45, 2.75) is 38.8 Å². The predicted molar refractivity (Wildman–Crippen MR) is 107 cm³/mol. The van der Waals surface area contributed by atoms with Gasteiger partial charge in [-0.25, -0.2) is 9.18 Å². The van der Waals surface area contributed by atoms with E-state index in [9.17, 15) is 14.3 Å². The number of hydrogen-bond acceptors (Lipinski definition) is 2. The van der Waals surface area contributed by atoms with Crippen LogP contribution in [0.1, 0.15) is 44.4 Å². The van der Waals surface area contributed by atoms with E-state index in [4.69, 9.17) is 0 Å². The highest BCUT2D eigenvalue weighted by molar-refractivity contribution is 5.75. The van der Waals surface area contributed by atoms with Crippen molar-refractivity contribution >= 4 is 11.6 Å². The minimum absolute atomic E-state index is 0.00759. The van der Waals surface area contributed by atoms with Gasteiger partial charge in [-0.1, -0.05) is 42.5 Å². The molecule has 2 rings (SSSR count). The summed E-state index contributed by atoms with van der Waals surface area (Å²) in [6, 6.07) is 13.0. The van der Waals surface area contributed by atoms with Gasteiger partial charge in [0.2, 0.25) is 0 Å². The first-order chi connectivity index (χ1) is 12.5. The molecule has 0 aliphatic heterocycles. The molecule has 3 N–H and O–H groups in total. The first-order valence-corrected chi connectivity index (χ1v) is 8.82.